The van der Waals surface area contributed by atoms with Crippen LogP contribution in [0.15, 0.2) is 36.7 Å². The van der Waals surface area contributed by atoms with Gasteiger partial charge in [-0.15, -0.1) is 0 Å². The minimum Gasteiger partial charge on any atom is -0.316 e. The fourth-order valence-electron chi connectivity index (χ4n) is 2.86. The Balaban J connectivity index is 1.90. The van der Waals surface area contributed by atoms with E-state index in [2.05, 4.69) is 39.6 Å². The molecule has 1 heterocycles. The fourth-order valence-corrected chi connectivity index (χ4v) is 2.86. The molecule has 19 heavy (non-hydrogen) atoms. The minimum atomic E-state index is 0.369. The molecular formula is C16H19N3. The Bertz CT molecular complexity index is 548. The van der Waals surface area contributed by atoms with E-state index < -0.39 is 0 Å². The molecule has 0 saturated carbocycles. The molecule has 3 heteroatoms. The van der Waals surface area contributed by atoms with Crippen LogP contribution in [-0.4, -0.2) is 17.0 Å². The van der Waals surface area contributed by atoms with Gasteiger partial charge in [-0.25, -0.2) is 9.97 Å². The lowest BCUT2D eigenvalue weighted by atomic mass is 9.82. The van der Waals surface area contributed by atoms with Gasteiger partial charge < -0.3 is 5.32 Å². The van der Waals surface area contributed by atoms with Crippen LogP contribution in [-0.2, 0) is 13.0 Å². The highest BCUT2D eigenvalue weighted by molar-refractivity contribution is 5.36. The molecule has 1 atom stereocenters. The molecule has 1 aromatic heterocycles. The number of aromatic nitrogens is 2. The molecule has 0 amide bonds. The zero-order valence-corrected chi connectivity index (χ0v) is 11.3. The van der Waals surface area contributed by atoms with Crippen LogP contribution in [0.1, 0.15) is 41.3 Å². The molecule has 3 rings (SSSR count). The summed E-state index contributed by atoms with van der Waals surface area (Å²) in [6, 6.07) is 8.70. The molecular weight excluding hydrogens is 234 g/mol. The lowest BCUT2D eigenvalue weighted by Crippen LogP contribution is -2.14. The van der Waals surface area contributed by atoms with E-state index in [4.69, 9.17) is 0 Å². The Hall–Kier alpha value is -1.74. The lowest BCUT2D eigenvalue weighted by Gasteiger charge is -2.24. The normalized spacial score (nSPS) is 18.1. The summed E-state index contributed by atoms with van der Waals surface area (Å²) in [6.45, 7) is 0.821. The van der Waals surface area contributed by atoms with Crippen LogP contribution in [0.2, 0.25) is 0 Å². The molecule has 0 bridgehead atoms. The zero-order chi connectivity index (χ0) is 13.1. The highest BCUT2D eigenvalue weighted by atomic mass is 14.9. The average molecular weight is 253 g/mol. The summed E-state index contributed by atoms with van der Waals surface area (Å²) < 4.78 is 0. The smallest absolute Gasteiger partial charge is 0.135 e. The molecule has 3 nitrogen and oxygen atoms in total. The highest BCUT2D eigenvalue weighted by Gasteiger charge is 2.23. The van der Waals surface area contributed by atoms with E-state index in [0.717, 1.165) is 24.4 Å². The number of fused-ring (bicyclic) bond motifs is 1. The third-order valence-corrected chi connectivity index (χ3v) is 3.79. The van der Waals surface area contributed by atoms with Gasteiger partial charge in [0.2, 0.25) is 0 Å². The van der Waals surface area contributed by atoms with Crippen LogP contribution in [0.4, 0.5) is 0 Å². The molecule has 1 N–H and O–H groups in total. The standard InChI is InChI=1S/C16H19N3/c1-17-9-12-10-18-16(19-11-12)15-8-4-6-13-5-2-3-7-14(13)15/h2-3,5,7,10-11,15,17H,4,6,8-9H2,1H3. The van der Waals surface area contributed by atoms with Crippen LogP contribution in [0, 0.1) is 0 Å². The first-order chi connectivity index (χ1) is 9.38. The van der Waals surface area contributed by atoms with Gasteiger partial charge in [0.1, 0.15) is 5.82 Å². The number of aryl methyl sites for hydroxylation is 1. The maximum absolute atomic E-state index is 4.57. The first-order valence-corrected chi connectivity index (χ1v) is 6.91. The molecule has 0 spiro atoms. The van der Waals surface area contributed by atoms with E-state index in [1.807, 2.05) is 19.4 Å². The van der Waals surface area contributed by atoms with Crippen LogP contribution >= 0.6 is 0 Å². The summed E-state index contributed by atoms with van der Waals surface area (Å²) in [5, 5.41) is 3.12. The van der Waals surface area contributed by atoms with Gasteiger partial charge in [0, 0.05) is 30.4 Å². The average Bonchev–Trinajstić information content (AvgIpc) is 2.48. The Morgan fingerprint density at radius 2 is 2.00 bits per heavy atom. The van der Waals surface area contributed by atoms with Crippen molar-refractivity contribution in [2.45, 2.75) is 31.7 Å². The molecule has 98 valence electrons. The van der Waals surface area contributed by atoms with Crippen LogP contribution in [0.25, 0.3) is 0 Å². The molecule has 0 aliphatic heterocycles. The largest absolute Gasteiger partial charge is 0.316 e. The second kappa shape index (κ2) is 5.49. The number of hydrogen-bond donors (Lipinski definition) is 1. The van der Waals surface area contributed by atoms with E-state index in [9.17, 15) is 0 Å². The van der Waals surface area contributed by atoms with Gasteiger partial charge in [0.15, 0.2) is 0 Å². The van der Waals surface area contributed by atoms with E-state index in [1.54, 1.807) is 0 Å². The Kier molecular flexibility index (Phi) is 3.56. The first-order valence-electron chi connectivity index (χ1n) is 6.91. The number of hydrogen-bond acceptors (Lipinski definition) is 3. The molecule has 0 radical (unpaired) electrons. The zero-order valence-electron chi connectivity index (χ0n) is 11.3. The quantitative estimate of drug-likeness (QED) is 0.914. The third-order valence-electron chi connectivity index (χ3n) is 3.79. The number of benzene rings is 1. The summed E-state index contributed by atoms with van der Waals surface area (Å²) in [5.74, 6) is 1.33. The van der Waals surface area contributed by atoms with Crippen LogP contribution < -0.4 is 5.32 Å². The highest BCUT2D eigenvalue weighted by Crippen LogP contribution is 2.34. The number of nitrogens with zero attached hydrogens (tertiary/aromatic N) is 2. The minimum absolute atomic E-state index is 0.369. The van der Waals surface area contributed by atoms with E-state index in [1.165, 1.54) is 24.0 Å². The van der Waals surface area contributed by atoms with Gasteiger partial charge in [0.05, 0.1) is 0 Å². The molecule has 0 fully saturated rings. The number of rotatable bonds is 3. The van der Waals surface area contributed by atoms with Crippen molar-refractivity contribution in [1.82, 2.24) is 15.3 Å². The predicted molar refractivity (Wildman–Crippen MR) is 76.0 cm³/mol. The van der Waals surface area contributed by atoms with Crippen molar-refractivity contribution in [3.05, 3.63) is 59.2 Å². The summed E-state index contributed by atoms with van der Waals surface area (Å²) in [7, 11) is 1.94. The van der Waals surface area contributed by atoms with Crippen LogP contribution in [0.3, 0.4) is 0 Å². The Morgan fingerprint density at radius 1 is 1.21 bits per heavy atom. The number of nitrogens with one attached hydrogen (secondary N) is 1. The van der Waals surface area contributed by atoms with Crippen molar-refractivity contribution in [2.24, 2.45) is 0 Å². The van der Waals surface area contributed by atoms with Crippen molar-refractivity contribution in [3.63, 3.8) is 0 Å². The maximum Gasteiger partial charge on any atom is 0.135 e. The van der Waals surface area contributed by atoms with Gasteiger partial charge >= 0.3 is 0 Å². The maximum atomic E-state index is 4.57. The summed E-state index contributed by atoms with van der Waals surface area (Å²) in [6.07, 6.45) is 7.45. The van der Waals surface area contributed by atoms with Gasteiger partial charge in [-0.1, -0.05) is 24.3 Å². The van der Waals surface area contributed by atoms with Crippen molar-refractivity contribution < 1.29 is 0 Å². The summed E-state index contributed by atoms with van der Waals surface area (Å²) >= 11 is 0. The molecule has 0 saturated heterocycles. The SMILES string of the molecule is CNCc1cnc(C2CCCc3ccccc32)nc1. The van der Waals surface area contributed by atoms with Crippen molar-refractivity contribution in [1.29, 1.82) is 0 Å². The molecule has 1 aliphatic carbocycles. The monoisotopic (exact) mass is 253 g/mol. The van der Waals surface area contributed by atoms with E-state index in [0.29, 0.717) is 5.92 Å². The summed E-state index contributed by atoms with van der Waals surface area (Å²) in [5.41, 5.74) is 4.01. The van der Waals surface area contributed by atoms with Crippen molar-refractivity contribution >= 4 is 0 Å². The molecule has 1 aliphatic rings. The van der Waals surface area contributed by atoms with E-state index >= 15 is 0 Å². The van der Waals surface area contributed by atoms with Crippen molar-refractivity contribution in [3.8, 4) is 0 Å². The van der Waals surface area contributed by atoms with Gasteiger partial charge in [0.25, 0.3) is 0 Å². The second-order valence-electron chi connectivity index (χ2n) is 5.12. The molecule has 1 aromatic carbocycles. The second-order valence-corrected chi connectivity index (χ2v) is 5.12. The Morgan fingerprint density at radius 3 is 2.79 bits per heavy atom. The van der Waals surface area contributed by atoms with Crippen LogP contribution in [0.5, 0.6) is 0 Å². The molecule has 1 unspecified atom stereocenters. The topological polar surface area (TPSA) is 37.8 Å². The third kappa shape index (κ3) is 2.51. The molecule has 2 aromatic rings. The van der Waals surface area contributed by atoms with Gasteiger partial charge in [-0.2, -0.15) is 0 Å². The van der Waals surface area contributed by atoms with Crippen molar-refractivity contribution in [2.75, 3.05) is 7.05 Å². The van der Waals surface area contributed by atoms with E-state index in [-0.39, 0.29) is 0 Å². The fraction of sp³-hybridized carbons (Fsp3) is 0.375. The Labute approximate surface area is 114 Å². The van der Waals surface area contributed by atoms with Gasteiger partial charge in [-0.3, -0.25) is 0 Å². The predicted octanol–water partition coefficient (Wildman–Crippen LogP) is 2.66. The van der Waals surface area contributed by atoms with Gasteiger partial charge in [-0.05, 0) is 37.4 Å². The lowest BCUT2D eigenvalue weighted by molar-refractivity contribution is 0.588. The first kappa shape index (κ1) is 12.3. The summed E-state index contributed by atoms with van der Waals surface area (Å²) in [4.78, 5) is 9.14.